The first kappa shape index (κ1) is 15.5. The van der Waals surface area contributed by atoms with Crippen molar-refractivity contribution >= 4 is 17.4 Å². The molecule has 1 atom stereocenters. The highest BCUT2D eigenvalue weighted by atomic mass is 35.5. The van der Waals surface area contributed by atoms with Crippen molar-refractivity contribution in [3.63, 3.8) is 0 Å². The molecule has 0 aliphatic heterocycles. The molecule has 0 radical (unpaired) electrons. The van der Waals surface area contributed by atoms with Gasteiger partial charge in [-0.05, 0) is 6.07 Å². The first-order chi connectivity index (χ1) is 9.82. The van der Waals surface area contributed by atoms with Gasteiger partial charge in [-0.25, -0.2) is 4.98 Å². The molecule has 114 valence electrons. The first-order valence-corrected chi connectivity index (χ1v) is 6.14. The number of alkyl halides is 3. The van der Waals surface area contributed by atoms with Crippen LogP contribution in [0.2, 0.25) is 5.02 Å². The van der Waals surface area contributed by atoms with Crippen LogP contribution in [-0.2, 0) is 13.2 Å². The van der Waals surface area contributed by atoms with Gasteiger partial charge in [0.15, 0.2) is 5.82 Å². The van der Waals surface area contributed by atoms with Crippen molar-refractivity contribution in [3.8, 4) is 0 Å². The molecule has 0 spiro atoms. The molecule has 2 heterocycles. The third kappa shape index (κ3) is 3.42. The number of rotatable bonds is 4. The van der Waals surface area contributed by atoms with E-state index in [1.54, 1.807) is 11.6 Å². The number of anilines is 1. The molecule has 0 aliphatic carbocycles. The number of aliphatic hydroxyl groups excluding tert-OH is 1. The minimum Gasteiger partial charge on any atom is -0.394 e. The molecule has 0 unspecified atom stereocenters. The molecule has 2 aromatic rings. The summed E-state index contributed by atoms with van der Waals surface area (Å²) < 4.78 is 39.1. The maximum Gasteiger partial charge on any atom is 0.417 e. The molecule has 0 amide bonds. The summed E-state index contributed by atoms with van der Waals surface area (Å²) in [7, 11) is 1.67. The largest absolute Gasteiger partial charge is 0.417 e. The Balaban J connectivity index is 2.25. The van der Waals surface area contributed by atoms with Gasteiger partial charge in [0.05, 0.1) is 17.2 Å². The molecule has 2 N–H and O–H groups in total. The SMILES string of the molecule is Cn1cnnc1[C@H](CO)Nc1ncc(C(F)(F)F)cc1Cl. The van der Waals surface area contributed by atoms with Gasteiger partial charge < -0.3 is 15.0 Å². The van der Waals surface area contributed by atoms with Gasteiger partial charge in [-0.2, -0.15) is 13.2 Å². The molecular formula is C11H11ClF3N5O. The van der Waals surface area contributed by atoms with E-state index < -0.39 is 17.8 Å². The molecule has 0 fully saturated rings. The van der Waals surface area contributed by atoms with Gasteiger partial charge in [0.2, 0.25) is 0 Å². The number of nitrogens with zero attached hydrogens (tertiary/aromatic N) is 4. The third-order valence-corrected chi connectivity index (χ3v) is 3.01. The molecule has 6 nitrogen and oxygen atoms in total. The Labute approximate surface area is 122 Å². The number of hydrogen-bond acceptors (Lipinski definition) is 5. The fourth-order valence-electron chi connectivity index (χ4n) is 1.66. The monoisotopic (exact) mass is 321 g/mol. The van der Waals surface area contributed by atoms with Crippen LogP contribution in [0.4, 0.5) is 19.0 Å². The summed E-state index contributed by atoms with van der Waals surface area (Å²) in [5.74, 6) is 0.419. The Kier molecular flexibility index (Phi) is 4.33. The van der Waals surface area contributed by atoms with Crippen molar-refractivity contribution in [2.75, 3.05) is 11.9 Å². The summed E-state index contributed by atoms with van der Waals surface area (Å²) in [5.41, 5.74) is -0.947. The van der Waals surface area contributed by atoms with Crippen molar-refractivity contribution in [2.45, 2.75) is 12.2 Å². The second-order valence-corrected chi connectivity index (χ2v) is 4.64. The zero-order chi connectivity index (χ0) is 15.6. The smallest absolute Gasteiger partial charge is 0.394 e. The normalized spacial score (nSPS) is 13.2. The minimum atomic E-state index is -4.52. The van der Waals surface area contributed by atoms with Crippen molar-refractivity contribution < 1.29 is 18.3 Å². The van der Waals surface area contributed by atoms with Gasteiger partial charge in [-0.1, -0.05) is 11.6 Å². The van der Waals surface area contributed by atoms with Crippen molar-refractivity contribution in [3.05, 3.63) is 35.0 Å². The lowest BCUT2D eigenvalue weighted by atomic mass is 10.2. The summed E-state index contributed by atoms with van der Waals surface area (Å²) in [6, 6.07) is 0.0707. The topological polar surface area (TPSA) is 75.9 Å². The fourth-order valence-corrected chi connectivity index (χ4v) is 1.88. The number of aryl methyl sites for hydroxylation is 1. The molecule has 21 heavy (non-hydrogen) atoms. The summed E-state index contributed by atoms with van der Waals surface area (Å²) >= 11 is 5.79. The molecule has 10 heteroatoms. The zero-order valence-corrected chi connectivity index (χ0v) is 11.5. The molecule has 0 aliphatic rings. The number of nitrogens with one attached hydrogen (secondary N) is 1. The van der Waals surface area contributed by atoms with E-state index in [2.05, 4.69) is 20.5 Å². The highest BCUT2D eigenvalue weighted by Crippen LogP contribution is 2.33. The molecule has 2 aromatic heterocycles. The van der Waals surface area contributed by atoms with Crippen molar-refractivity contribution in [1.82, 2.24) is 19.7 Å². The van der Waals surface area contributed by atoms with E-state index in [1.807, 2.05) is 0 Å². The van der Waals surface area contributed by atoms with Crippen LogP contribution >= 0.6 is 11.6 Å². The van der Waals surface area contributed by atoms with Crippen molar-refractivity contribution in [1.29, 1.82) is 0 Å². The standard InChI is InChI=1S/C11H11ClF3N5O/c1-20-5-17-19-10(20)8(4-21)18-9-7(12)2-6(3-16-9)11(13,14)15/h2-3,5,8,21H,4H2,1H3,(H,16,18)/t8-/m0/s1. The highest BCUT2D eigenvalue weighted by Gasteiger charge is 2.31. The van der Waals surface area contributed by atoms with E-state index in [-0.39, 0.29) is 17.4 Å². The van der Waals surface area contributed by atoms with Crippen LogP contribution in [0, 0.1) is 0 Å². The predicted octanol–water partition coefficient (Wildman–Crippen LogP) is 2.03. The maximum absolute atomic E-state index is 12.5. The molecule has 0 bridgehead atoms. The quantitative estimate of drug-likeness (QED) is 0.901. The molecule has 0 saturated heterocycles. The first-order valence-electron chi connectivity index (χ1n) is 5.77. The zero-order valence-electron chi connectivity index (χ0n) is 10.8. The van der Waals surface area contributed by atoms with E-state index in [4.69, 9.17) is 11.6 Å². The lowest BCUT2D eigenvalue weighted by Gasteiger charge is -2.17. The van der Waals surface area contributed by atoms with Crippen LogP contribution in [-0.4, -0.2) is 31.5 Å². The highest BCUT2D eigenvalue weighted by molar-refractivity contribution is 6.33. The fraction of sp³-hybridized carbons (Fsp3) is 0.364. The summed E-state index contributed by atoms with van der Waals surface area (Å²) in [4.78, 5) is 3.64. The number of aromatic nitrogens is 4. The predicted molar refractivity (Wildman–Crippen MR) is 68.7 cm³/mol. The van der Waals surface area contributed by atoms with Crippen LogP contribution in [0.5, 0.6) is 0 Å². The van der Waals surface area contributed by atoms with Gasteiger partial charge in [0.1, 0.15) is 18.2 Å². The second kappa shape index (κ2) is 5.86. The summed E-state index contributed by atoms with van der Waals surface area (Å²) in [6.45, 7) is -0.356. The van der Waals surface area contributed by atoms with E-state index in [0.29, 0.717) is 12.0 Å². The van der Waals surface area contributed by atoms with Crippen LogP contribution in [0.1, 0.15) is 17.4 Å². The summed E-state index contributed by atoms with van der Waals surface area (Å²) in [6.07, 6.45) is -2.42. The minimum absolute atomic E-state index is 0.0201. The Morgan fingerprint density at radius 3 is 2.67 bits per heavy atom. The number of aliphatic hydroxyl groups is 1. The summed E-state index contributed by atoms with van der Waals surface area (Å²) in [5, 5.41) is 19.4. The molecule has 2 rings (SSSR count). The van der Waals surface area contributed by atoms with Crippen LogP contribution in [0.15, 0.2) is 18.6 Å². The second-order valence-electron chi connectivity index (χ2n) is 4.23. The van der Waals surface area contributed by atoms with E-state index in [1.165, 1.54) is 6.33 Å². The van der Waals surface area contributed by atoms with Gasteiger partial charge >= 0.3 is 6.18 Å². The van der Waals surface area contributed by atoms with Crippen LogP contribution in [0.3, 0.4) is 0 Å². The Morgan fingerprint density at radius 1 is 1.48 bits per heavy atom. The molecular weight excluding hydrogens is 311 g/mol. The van der Waals surface area contributed by atoms with E-state index in [0.717, 1.165) is 6.07 Å². The van der Waals surface area contributed by atoms with E-state index in [9.17, 15) is 18.3 Å². The number of halogens is 4. The number of pyridine rings is 1. The van der Waals surface area contributed by atoms with Crippen molar-refractivity contribution in [2.24, 2.45) is 7.05 Å². The Bertz CT molecular complexity index is 631. The average Bonchev–Trinajstić information content (AvgIpc) is 2.82. The number of hydrogen-bond donors (Lipinski definition) is 2. The lowest BCUT2D eigenvalue weighted by molar-refractivity contribution is -0.137. The Hall–Kier alpha value is -1.87. The van der Waals surface area contributed by atoms with Gasteiger partial charge in [-0.3, -0.25) is 0 Å². The third-order valence-electron chi connectivity index (χ3n) is 2.72. The average molecular weight is 322 g/mol. The van der Waals surface area contributed by atoms with Gasteiger partial charge in [0.25, 0.3) is 0 Å². The van der Waals surface area contributed by atoms with Gasteiger partial charge in [0, 0.05) is 13.2 Å². The maximum atomic E-state index is 12.5. The lowest BCUT2D eigenvalue weighted by Crippen LogP contribution is -2.20. The molecule has 0 aromatic carbocycles. The van der Waals surface area contributed by atoms with Gasteiger partial charge in [-0.15, -0.1) is 10.2 Å². The van der Waals surface area contributed by atoms with E-state index >= 15 is 0 Å². The Morgan fingerprint density at radius 2 is 2.19 bits per heavy atom. The van der Waals surface area contributed by atoms with Crippen LogP contribution in [0.25, 0.3) is 0 Å². The van der Waals surface area contributed by atoms with Crippen LogP contribution < -0.4 is 5.32 Å². The molecule has 0 saturated carbocycles.